The van der Waals surface area contributed by atoms with Gasteiger partial charge in [-0.25, -0.2) is 0 Å². The maximum absolute atomic E-state index is 10.3. The Balaban J connectivity index is 0.000000466. The van der Waals surface area contributed by atoms with Crippen molar-refractivity contribution in [3.05, 3.63) is 70.3 Å². The highest BCUT2D eigenvalue weighted by Crippen LogP contribution is 2.13. The minimum atomic E-state index is -0.713. The minimum absolute atomic E-state index is 0.250. The average molecular weight is 387 g/mol. The van der Waals surface area contributed by atoms with Crippen molar-refractivity contribution in [2.45, 2.75) is 66.2 Å². The molecule has 4 nitrogen and oxygen atoms in total. The van der Waals surface area contributed by atoms with E-state index in [9.17, 15) is 4.79 Å². The summed E-state index contributed by atoms with van der Waals surface area (Å²) in [7, 11) is 0. The van der Waals surface area contributed by atoms with Gasteiger partial charge >= 0.3 is 5.97 Å². The van der Waals surface area contributed by atoms with Gasteiger partial charge in [0, 0.05) is 6.42 Å². The molecular weight excluding hydrogens is 352 g/mol. The highest BCUT2D eigenvalue weighted by Gasteiger charge is 2.01. The number of aryl methyl sites for hydroxylation is 5. The van der Waals surface area contributed by atoms with Crippen molar-refractivity contribution in [3.63, 3.8) is 0 Å². The van der Waals surface area contributed by atoms with E-state index in [-0.39, 0.29) is 12.9 Å². The molecule has 0 saturated carbocycles. The molecule has 0 unspecified atom stereocenters. The predicted octanol–water partition coefficient (Wildman–Crippen LogP) is 5.75. The normalized spacial score (nSPS) is 9.43. The van der Waals surface area contributed by atoms with Crippen LogP contribution in [0.4, 0.5) is 0 Å². The van der Waals surface area contributed by atoms with Gasteiger partial charge in [0.15, 0.2) is 0 Å². The van der Waals surface area contributed by atoms with Gasteiger partial charge in [-0.3, -0.25) is 9.59 Å². The Morgan fingerprint density at radius 1 is 0.964 bits per heavy atom. The summed E-state index contributed by atoms with van der Waals surface area (Å²) in [5.41, 5.74) is 6.61. The van der Waals surface area contributed by atoms with Gasteiger partial charge in [-0.1, -0.05) is 66.9 Å². The third-order valence-electron chi connectivity index (χ3n) is 4.24. The Morgan fingerprint density at radius 2 is 1.61 bits per heavy atom. The van der Waals surface area contributed by atoms with Crippen LogP contribution in [-0.4, -0.2) is 22.7 Å². The summed E-state index contributed by atoms with van der Waals surface area (Å²) in [5.74, 6) is -0.713. The van der Waals surface area contributed by atoms with Crippen molar-refractivity contribution in [1.82, 2.24) is 0 Å². The second-order valence-corrected chi connectivity index (χ2v) is 6.88. The number of unbranched alkanes of at least 4 members (excludes halogenated alkanes) is 1. The molecule has 0 fully saturated rings. The molecule has 0 aromatic heterocycles. The zero-order chi connectivity index (χ0) is 21.4. The first-order chi connectivity index (χ1) is 13.3. The van der Waals surface area contributed by atoms with E-state index in [4.69, 9.17) is 15.0 Å². The molecule has 0 saturated heterocycles. The lowest BCUT2D eigenvalue weighted by molar-refractivity contribution is -0.137. The highest BCUT2D eigenvalue weighted by molar-refractivity contribution is 5.66. The molecule has 2 aromatic rings. The third-order valence-corrected chi connectivity index (χ3v) is 4.24. The van der Waals surface area contributed by atoms with E-state index < -0.39 is 5.97 Å². The van der Waals surface area contributed by atoms with Crippen LogP contribution in [0.3, 0.4) is 0 Å². The van der Waals surface area contributed by atoms with Crippen LogP contribution in [0.25, 0.3) is 0 Å². The van der Waals surface area contributed by atoms with Crippen LogP contribution in [0.15, 0.2) is 42.5 Å². The van der Waals surface area contributed by atoms with E-state index in [1.54, 1.807) is 0 Å². The summed E-state index contributed by atoms with van der Waals surface area (Å²) in [6.45, 7) is 8.25. The van der Waals surface area contributed by atoms with Crippen molar-refractivity contribution < 1.29 is 19.8 Å². The fraction of sp³-hybridized carbons (Fsp3) is 0.417. The Kier molecular flexibility index (Phi) is 14.0. The molecule has 2 aromatic carbocycles. The number of hydrogen-bond donors (Lipinski definition) is 2. The van der Waals surface area contributed by atoms with Crippen molar-refractivity contribution in [3.8, 4) is 0 Å². The highest BCUT2D eigenvalue weighted by atomic mass is 16.4. The molecule has 0 aliphatic heterocycles. The lowest BCUT2D eigenvalue weighted by atomic mass is 10.0. The molecule has 0 atom stereocenters. The van der Waals surface area contributed by atoms with Crippen LogP contribution in [-0.2, 0) is 22.4 Å². The first-order valence-corrected chi connectivity index (χ1v) is 9.75. The Hall–Kier alpha value is -2.62. The summed E-state index contributed by atoms with van der Waals surface area (Å²) < 4.78 is 0. The van der Waals surface area contributed by atoms with Crippen LogP contribution in [0.2, 0.25) is 0 Å². The molecule has 28 heavy (non-hydrogen) atoms. The van der Waals surface area contributed by atoms with Gasteiger partial charge in [0.2, 0.25) is 0 Å². The minimum Gasteiger partial charge on any atom is -0.483 e. The lowest BCUT2D eigenvalue weighted by Gasteiger charge is -2.05. The van der Waals surface area contributed by atoms with E-state index in [2.05, 4.69) is 70.2 Å². The fourth-order valence-electron chi connectivity index (χ4n) is 2.75. The number of benzene rings is 2. The first-order valence-electron chi connectivity index (χ1n) is 9.75. The number of carbonyl (C=O) groups is 2. The maximum atomic E-state index is 10.3. The largest absolute Gasteiger partial charge is 0.483 e. The first kappa shape index (κ1) is 25.4. The number of hydrogen-bond acceptors (Lipinski definition) is 2. The molecule has 0 amide bonds. The molecule has 2 N–H and O–H groups in total. The van der Waals surface area contributed by atoms with Crippen LogP contribution in [0, 0.1) is 20.8 Å². The number of carboxylic acids is 1. The molecule has 0 aliphatic carbocycles. The van der Waals surface area contributed by atoms with E-state index in [0.29, 0.717) is 0 Å². The number of carboxylic acid groups (broad SMARTS) is 2. The molecular formula is C24H34O4. The topological polar surface area (TPSA) is 74.6 Å². The van der Waals surface area contributed by atoms with E-state index in [1.165, 1.54) is 47.1 Å². The number of rotatable bonds is 7. The SMILES string of the molecule is CCCCc1cccc(C)c1.Cc1ccc(C)c(CCCC(=O)O)c1.O=CO. The molecule has 0 heterocycles. The fourth-order valence-corrected chi connectivity index (χ4v) is 2.75. The average Bonchev–Trinajstić information content (AvgIpc) is 2.64. The standard InChI is InChI=1S/C12H16O2.C11H16.CH2O2/c1-9-6-7-10(2)11(8-9)4-3-5-12(13)14;1-3-4-7-11-8-5-6-10(2)9-11;2-1-3/h6-8H,3-5H2,1-2H3,(H,13,14);5-6,8-9H,3-4,7H2,1-2H3;1H,(H,2,3). The molecule has 154 valence electrons. The molecule has 0 aliphatic rings. The second-order valence-electron chi connectivity index (χ2n) is 6.88. The van der Waals surface area contributed by atoms with Gasteiger partial charge in [-0.05, 0) is 63.1 Å². The smallest absolute Gasteiger partial charge is 0.303 e. The molecule has 0 radical (unpaired) electrons. The van der Waals surface area contributed by atoms with Gasteiger partial charge in [0.1, 0.15) is 0 Å². The Labute approximate surface area is 169 Å². The van der Waals surface area contributed by atoms with Gasteiger partial charge < -0.3 is 10.2 Å². The maximum Gasteiger partial charge on any atom is 0.303 e. The molecule has 2 rings (SSSR count). The van der Waals surface area contributed by atoms with Crippen molar-refractivity contribution >= 4 is 12.4 Å². The summed E-state index contributed by atoms with van der Waals surface area (Å²) in [6.07, 6.45) is 5.67. The number of aliphatic carboxylic acids is 1. The Bertz CT molecular complexity index is 708. The van der Waals surface area contributed by atoms with Gasteiger partial charge in [0.25, 0.3) is 6.47 Å². The van der Waals surface area contributed by atoms with Gasteiger partial charge in [-0.15, -0.1) is 0 Å². The van der Waals surface area contributed by atoms with Crippen LogP contribution in [0.5, 0.6) is 0 Å². The van der Waals surface area contributed by atoms with Crippen molar-refractivity contribution in [2.24, 2.45) is 0 Å². The molecule has 0 bridgehead atoms. The van der Waals surface area contributed by atoms with Crippen molar-refractivity contribution in [2.75, 3.05) is 0 Å². The monoisotopic (exact) mass is 386 g/mol. The van der Waals surface area contributed by atoms with Gasteiger partial charge in [-0.2, -0.15) is 0 Å². The summed E-state index contributed by atoms with van der Waals surface area (Å²) >= 11 is 0. The second kappa shape index (κ2) is 15.4. The van der Waals surface area contributed by atoms with Crippen molar-refractivity contribution in [1.29, 1.82) is 0 Å². The van der Waals surface area contributed by atoms with Crippen LogP contribution >= 0.6 is 0 Å². The predicted molar refractivity (Wildman–Crippen MR) is 115 cm³/mol. The Morgan fingerprint density at radius 3 is 2.18 bits per heavy atom. The summed E-state index contributed by atoms with van der Waals surface area (Å²) in [6, 6.07) is 15.1. The van der Waals surface area contributed by atoms with E-state index >= 15 is 0 Å². The zero-order valence-electron chi connectivity index (χ0n) is 17.6. The van der Waals surface area contributed by atoms with E-state index in [0.717, 1.165) is 12.8 Å². The van der Waals surface area contributed by atoms with Gasteiger partial charge in [0.05, 0.1) is 0 Å². The molecule has 4 heteroatoms. The molecule has 0 spiro atoms. The lowest BCUT2D eigenvalue weighted by Crippen LogP contribution is -1.97. The van der Waals surface area contributed by atoms with Crippen LogP contribution in [0.1, 0.15) is 60.4 Å². The van der Waals surface area contributed by atoms with Crippen LogP contribution < -0.4 is 0 Å². The zero-order valence-corrected chi connectivity index (χ0v) is 17.6. The summed E-state index contributed by atoms with van der Waals surface area (Å²) in [4.78, 5) is 18.7. The van der Waals surface area contributed by atoms with E-state index in [1.807, 2.05) is 0 Å². The summed E-state index contributed by atoms with van der Waals surface area (Å²) in [5, 5.41) is 15.4. The third kappa shape index (κ3) is 12.7. The quantitative estimate of drug-likeness (QED) is 0.594.